The van der Waals surface area contributed by atoms with Gasteiger partial charge < -0.3 is 4.74 Å². The number of methoxy groups -OCH3 is 1. The highest BCUT2D eigenvalue weighted by atomic mass is 35.5. The number of ether oxygens (including phenoxy) is 1. The van der Waals surface area contributed by atoms with Crippen LogP contribution in [0.4, 0.5) is 0 Å². The average molecular weight is 512 g/mol. The van der Waals surface area contributed by atoms with Crippen molar-refractivity contribution in [2.24, 2.45) is 0 Å². The van der Waals surface area contributed by atoms with Crippen molar-refractivity contribution in [2.75, 3.05) is 12.9 Å². The van der Waals surface area contributed by atoms with E-state index >= 15 is 0 Å². The molecule has 5 nitrogen and oxygen atoms in total. The van der Waals surface area contributed by atoms with Gasteiger partial charge in [0, 0.05) is 21.8 Å². The van der Waals surface area contributed by atoms with Crippen LogP contribution in [0.3, 0.4) is 0 Å². The van der Waals surface area contributed by atoms with Gasteiger partial charge in [-0.15, -0.1) is 10.2 Å². The maximum Gasteiger partial charge on any atom is 0.196 e. The monoisotopic (exact) mass is 511 g/mol. The highest BCUT2D eigenvalue weighted by molar-refractivity contribution is 7.99. The lowest BCUT2D eigenvalue weighted by atomic mass is 10.0. The number of carbonyl (C=O) groups is 1. The number of halogens is 1. The van der Waals surface area contributed by atoms with Crippen molar-refractivity contribution in [1.82, 2.24) is 14.8 Å². The van der Waals surface area contributed by atoms with Crippen LogP contribution in [0.15, 0.2) is 108 Å². The molecule has 0 aliphatic carbocycles. The lowest BCUT2D eigenvalue weighted by Crippen LogP contribution is -2.05. The molecule has 4 aromatic carbocycles. The predicted molar refractivity (Wildman–Crippen MR) is 145 cm³/mol. The van der Waals surface area contributed by atoms with E-state index in [9.17, 15) is 4.79 Å². The normalized spacial score (nSPS) is 10.8. The summed E-state index contributed by atoms with van der Waals surface area (Å²) in [6, 6.07) is 32.9. The smallest absolute Gasteiger partial charge is 0.196 e. The molecular formula is C29H22ClN3O2S. The van der Waals surface area contributed by atoms with Crippen LogP contribution >= 0.6 is 23.4 Å². The lowest BCUT2D eigenvalue weighted by Gasteiger charge is -2.11. The molecule has 0 spiro atoms. The Kier molecular flexibility index (Phi) is 7.16. The number of carbonyl (C=O) groups excluding carboxylic acids is 1. The van der Waals surface area contributed by atoms with E-state index in [0.29, 0.717) is 21.6 Å². The molecule has 0 aliphatic heterocycles. The maximum atomic E-state index is 13.0. The third-order valence-corrected chi connectivity index (χ3v) is 6.89. The summed E-state index contributed by atoms with van der Waals surface area (Å²) >= 11 is 7.44. The number of nitrogens with zero attached hydrogens (tertiary/aromatic N) is 3. The molecule has 0 N–H and O–H groups in total. The van der Waals surface area contributed by atoms with Gasteiger partial charge in [-0.05, 0) is 59.7 Å². The van der Waals surface area contributed by atoms with Crippen LogP contribution in [0.1, 0.15) is 10.4 Å². The zero-order valence-corrected chi connectivity index (χ0v) is 21.0. The summed E-state index contributed by atoms with van der Waals surface area (Å²) < 4.78 is 7.25. The zero-order valence-electron chi connectivity index (χ0n) is 19.5. The number of benzene rings is 4. The first-order valence-electron chi connectivity index (χ1n) is 11.3. The molecule has 1 aromatic heterocycles. The highest BCUT2D eigenvalue weighted by Crippen LogP contribution is 2.30. The number of ketones is 1. The fourth-order valence-corrected chi connectivity index (χ4v) is 4.78. The molecule has 36 heavy (non-hydrogen) atoms. The third kappa shape index (κ3) is 5.20. The Hall–Kier alpha value is -3.87. The maximum absolute atomic E-state index is 13.0. The summed E-state index contributed by atoms with van der Waals surface area (Å²) in [5.74, 6) is 1.68. The zero-order chi connectivity index (χ0) is 24.9. The van der Waals surface area contributed by atoms with E-state index in [0.717, 1.165) is 28.1 Å². The molecule has 0 fully saturated rings. The summed E-state index contributed by atoms with van der Waals surface area (Å²) in [7, 11) is 1.63. The molecular weight excluding hydrogens is 490 g/mol. The van der Waals surface area contributed by atoms with Crippen molar-refractivity contribution in [3.05, 3.63) is 114 Å². The van der Waals surface area contributed by atoms with Gasteiger partial charge in [-0.1, -0.05) is 78.0 Å². The Morgan fingerprint density at radius 3 is 2.11 bits per heavy atom. The highest BCUT2D eigenvalue weighted by Gasteiger charge is 2.18. The molecule has 0 radical (unpaired) electrons. The SMILES string of the molecule is COc1ccc(-n2c(SCC(=O)c3ccc(-c4ccccc4)cc3)nnc2-c2ccc(Cl)cc2)cc1. The van der Waals surface area contributed by atoms with Gasteiger partial charge in [-0.2, -0.15) is 0 Å². The van der Waals surface area contributed by atoms with Crippen LogP contribution in [0, 0.1) is 0 Å². The Morgan fingerprint density at radius 1 is 0.806 bits per heavy atom. The number of thioether (sulfide) groups is 1. The van der Waals surface area contributed by atoms with Crippen molar-refractivity contribution in [3.8, 4) is 34.0 Å². The van der Waals surface area contributed by atoms with Crippen molar-refractivity contribution >= 4 is 29.1 Å². The summed E-state index contributed by atoms with van der Waals surface area (Å²) in [5.41, 5.74) is 4.60. The van der Waals surface area contributed by atoms with Crippen LogP contribution in [-0.4, -0.2) is 33.4 Å². The summed E-state index contributed by atoms with van der Waals surface area (Å²) in [5, 5.41) is 10.1. The van der Waals surface area contributed by atoms with Gasteiger partial charge in [0.05, 0.1) is 12.9 Å². The number of hydrogen-bond acceptors (Lipinski definition) is 5. The summed E-state index contributed by atoms with van der Waals surface area (Å²) in [6.07, 6.45) is 0. The number of aromatic nitrogens is 3. The van der Waals surface area contributed by atoms with Crippen LogP contribution in [0.2, 0.25) is 5.02 Å². The summed E-state index contributed by atoms with van der Waals surface area (Å²) in [4.78, 5) is 13.0. The Bertz CT molecular complexity index is 1470. The van der Waals surface area contributed by atoms with Gasteiger partial charge in [0.15, 0.2) is 16.8 Å². The first-order valence-corrected chi connectivity index (χ1v) is 12.7. The minimum absolute atomic E-state index is 0.0249. The molecule has 0 saturated carbocycles. The molecule has 7 heteroatoms. The van der Waals surface area contributed by atoms with E-state index in [-0.39, 0.29) is 11.5 Å². The van der Waals surface area contributed by atoms with Crippen LogP contribution in [-0.2, 0) is 0 Å². The van der Waals surface area contributed by atoms with Gasteiger partial charge in [0.2, 0.25) is 0 Å². The van der Waals surface area contributed by atoms with Crippen LogP contribution < -0.4 is 4.74 Å². The van der Waals surface area contributed by atoms with Gasteiger partial charge in [0.25, 0.3) is 0 Å². The molecule has 5 aromatic rings. The molecule has 0 amide bonds. The average Bonchev–Trinajstić information content (AvgIpc) is 3.36. The predicted octanol–water partition coefficient (Wildman–Crippen LogP) is 7.24. The topological polar surface area (TPSA) is 57.0 Å². The number of hydrogen-bond donors (Lipinski definition) is 0. The Morgan fingerprint density at radius 2 is 1.44 bits per heavy atom. The van der Waals surface area contributed by atoms with Gasteiger partial charge in [0.1, 0.15) is 5.75 Å². The standard InChI is InChI=1S/C29H22ClN3O2S/c1-35-26-17-15-25(16-18-26)33-28(23-11-13-24(30)14-12-23)31-32-29(33)36-19-27(34)22-9-7-21(8-10-22)20-5-3-2-4-6-20/h2-18H,19H2,1H3. The fraction of sp³-hybridized carbons (Fsp3) is 0.0690. The third-order valence-electron chi connectivity index (χ3n) is 5.71. The van der Waals surface area contributed by atoms with E-state index < -0.39 is 0 Å². The minimum Gasteiger partial charge on any atom is -0.497 e. The van der Waals surface area contributed by atoms with Crippen molar-refractivity contribution in [3.63, 3.8) is 0 Å². The van der Waals surface area contributed by atoms with Crippen molar-refractivity contribution < 1.29 is 9.53 Å². The van der Waals surface area contributed by atoms with E-state index in [2.05, 4.69) is 22.3 Å². The van der Waals surface area contributed by atoms with E-state index in [1.807, 2.05) is 95.6 Å². The number of Topliss-reactive ketones (excluding diaryl/α,β-unsaturated/α-hetero) is 1. The molecule has 0 saturated heterocycles. The van der Waals surface area contributed by atoms with E-state index in [1.165, 1.54) is 11.8 Å². The van der Waals surface area contributed by atoms with Crippen molar-refractivity contribution in [2.45, 2.75) is 5.16 Å². The van der Waals surface area contributed by atoms with E-state index in [1.54, 1.807) is 7.11 Å². The molecule has 1 heterocycles. The van der Waals surface area contributed by atoms with Crippen LogP contribution in [0.5, 0.6) is 5.75 Å². The molecule has 0 unspecified atom stereocenters. The van der Waals surface area contributed by atoms with Crippen molar-refractivity contribution in [1.29, 1.82) is 0 Å². The largest absolute Gasteiger partial charge is 0.497 e. The first kappa shape index (κ1) is 23.9. The second kappa shape index (κ2) is 10.8. The molecule has 0 atom stereocenters. The lowest BCUT2D eigenvalue weighted by molar-refractivity contribution is 0.102. The second-order valence-corrected chi connectivity index (χ2v) is 9.38. The fourth-order valence-electron chi connectivity index (χ4n) is 3.81. The number of rotatable bonds is 8. The van der Waals surface area contributed by atoms with E-state index in [4.69, 9.17) is 16.3 Å². The quantitative estimate of drug-likeness (QED) is 0.162. The van der Waals surface area contributed by atoms with Gasteiger partial charge in [-0.3, -0.25) is 9.36 Å². The Labute approximate surface area is 218 Å². The molecule has 178 valence electrons. The summed E-state index contributed by atoms with van der Waals surface area (Å²) in [6.45, 7) is 0. The minimum atomic E-state index is 0.0249. The van der Waals surface area contributed by atoms with Crippen LogP contribution in [0.25, 0.3) is 28.2 Å². The van der Waals surface area contributed by atoms with Gasteiger partial charge in [-0.25, -0.2) is 0 Å². The molecule has 0 aliphatic rings. The Balaban J connectivity index is 1.40. The first-order chi connectivity index (χ1) is 17.6. The molecule has 5 rings (SSSR count). The van der Waals surface area contributed by atoms with Gasteiger partial charge >= 0.3 is 0 Å². The molecule has 0 bridgehead atoms. The second-order valence-electron chi connectivity index (χ2n) is 8.00.